The Labute approximate surface area is 244 Å². The average molecular weight is 581 g/mol. The molecule has 0 radical (unpaired) electrons. The van der Waals surface area contributed by atoms with Crippen LogP contribution in [0.3, 0.4) is 0 Å². The maximum absolute atomic E-state index is 13.7. The van der Waals surface area contributed by atoms with Gasteiger partial charge in [0.1, 0.15) is 0 Å². The Balaban J connectivity index is 1.59. The highest BCUT2D eigenvalue weighted by Crippen LogP contribution is 2.29. The molecule has 0 bridgehead atoms. The van der Waals surface area contributed by atoms with E-state index in [1.807, 2.05) is 42.5 Å². The summed E-state index contributed by atoms with van der Waals surface area (Å²) in [7, 11) is 1.77. The van der Waals surface area contributed by atoms with Crippen LogP contribution in [-0.2, 0) is 14.3 Å². The van der Waals surface area contributed by atoms with Crippen molar-refractivity contribution in [2.75, 3.05) is 57.9 Å². The van der Waals surface area contributed by atoms with Crippen molar-refractivity contribution < 1.29 is 14.3 Å². The molecule has 3 aromatic rings. The fraction of sp³-hybridized carbons (Fsp3) is 0.300. The Morgan fingerprint density at radius 1 is 1.00 bits per heavy atom. The Kier molecular flexibility index (Phi) is 10.0. The molecule has 1 fully saturated rings. The molecule has 1 atom stereocenters. The van der Waals surface area contributed by atoms with Crippen molar-refractivity contribution in [1.29, 1.82) is 5.26 Å². The smallest absolute Gasteiger partial charge is 0.242 e. The molecule has 208 valence electrons. The molecular formula is C30H31Cl2N5O3. The summed E-state index contributed by atoms with van der Waals surface area (Å²) in [6.45, 7) is 3.23. The number of ether oxygens (including phenoxy) is 1. The van der Waals surface area contributed by atoms with Crippen LogP contribution in [0.4, 0.5) is 5.69 Å². The second-order valence-corrected chi connectivity index (χ2v) is 10.5. The van der Waals surface area contributed by atoms with Crippen molar-refractivity contribution in [2.45, 2.75) is 6.04 Å². The molecule has 2 amide bonds. The van der Waals surface area contributed by atoms with Crippen LogP contribution in [0.2, 0.25) is 10.0 Å². The van der Waals surface area contributed by atoms with Gasteiger partial charge in [0.05, 0.1) is 54.0 Å². The van der Waals surface area contributed by atoms with E-state index >= 15 is 0 Å². The van der Waals surface area contributed by atoms with E-state index in [9.17, 15) is 14.9 Å². The predicted molar refractivity (Wildman–Crippen MR) is 157 cm³/mol. The maximum atomic E-state index is 13.7. The lowest BCUT2D eigenvalue weighted by Gasteiger charge is -2.36. The number of hydrogen-bond acceptors (Lipinski definition) is 6. The molecule has 0 aromatic heterocycles. The van der Waals surface area contributed by atoms with Crippen LogP contribution in [0.15, 0.2) is 66.7 Å². The molecule has 1 heterocycles. The van der Waals surface area contributed by atoms with Gasteiger partial charge in [-0.25, -0.2) is 0 Å². The second kappa shape index (κ2) is 13.6. The number of anilines is 1. The third-order valence-electron chi connectivity index (χ3n) is 6.96. The summed E-state index contributed by atoms with van der Waals surface area (Å²) < 4.78 is 5.52. The van der Waals surface area contributed by atoms with E-state index in [1.54, 1.807) is 41.1 Å². The van der Waals surface area contributed by atoms with Gasteiger partial charge in [0.2, 0.25) is 11.8 Å². The number of primary amides is 1. The summed E-state index contributed by atoms with van der Waals surface area (Å²) in [6.07, 6.45) is 0. The number of nitrogens with two attached hydrogens (primary N) is 1. The molecule has 10 heteroatoms. The van der Waals surface area contributed by atoms with Crippen molar-refractivity contribution in [3.8, 4) is 17.2 Å². The topological polar surface area (TPSA) is 103 Å². The van der Waals surface area contributed by atoms with Crippen molar-refractivity contribution in [3.63, 3.8) is 0 Å². The highest BCUT2D eigenvalue weighted by molar-refractivity contribution is 6.42. The number of carbonyl (C=O) groups is 2. The quantitative estimate of drug-likeness (QED) is 0.383. The molecule has 40 heavy (non-hydrogen) atoms. The highest BCUT2D eigenvalue weighted by Gasteiger charge is 2.27. The number of halogens is 2. The summed E-state index contributed by atoms with van der Waals surface area (Å²) in [4.78, 5) is 31.1. The molecule has 0 aliphatic carbocycles. The third-order valence-corrected chi connectivity index (χ3v) is 7.70. The van der Waals surface area contributed by atoms with E-state index < -0.39 is 5.91 Å². The Morgan fingerprint density at radius 3 is 2.38 bits per heavy atom. The van der Waals surface area contributed by atoms with Gasteiger partial charge in [-0.15, -0.1) is 0 Å². The minimum absolute atomic E-state index is 0.0734. The zero-order valence-electron chi connectivity index (χ0n) is 22.2. The molecule has 2 N–H and O–H groups in total. The number of rotatable bonds is 10. The fourth-order valence-electron chi connectivity index (χ4n) is 4.70. The zero-order valence-corrected chi connectivity index (χ0v) is 23.7. The molecule has 1 saturated heterocycles. The number of hydrogen-bond donors (Lipinski definition) is 1. The first-order valence-corrected chi connectivity index (χ1v) is 13.7. The summed E-state index contributed by atoms with van der Waals surface area (Å²) in [5, 5.41) is 9.96. The molecule has 1 unspecified atom stereocenters. The second-order valence-electron chi connectivity index (χ2n) is 9.67. The van der Waals surface area contributed by atoms with Crippen LogP contribution in [0.5, 0.6) is 0 Å². The normalized spacial score (nSPS) is 14.2. The summed E-state index contributed by atoms with van der Waals surface area (Å²) >= 11 is 12.3. The van der Waals surface area contributed by atoms with Gasteiger partial charge in [-0.3, -0.25) is 14.5 Å². The minimum atomic E-state index is -0.567. The van der Waals surface area contributed by atoms with Gasteiger partial charge in [-0.1, -0.05) is 59.6 Å². The number of carbonyl (C=O) groups excluding carboxylic acids is 2. The highest BCUT2D eigenvalue weighted by atomic mass is 35.5. The van der Waals surface area contributed by atoms with E-state index in [1.165, 1.54) is 0 Å². The van der Waals surface area contributed by atoms with Gasteiger partial charge in [0.15, 0.2) is 0 Å². The number of amides is 2. The van der Waals surface area contributed by atoms with Crippen molar-refractivity contribution in [2.24, 2.45) is 5.73 Å². The van der Waals surface area contributed by atoms with Crippen molar-refractivity contribution in [3.05, 3.63) is 87.9 Å². The van der Waals surface area contributed by atoms with Crippen LogP contribution in [0.25, 0.3) is 11.1 Å². The monoisotopic (exact) mass is 579 g/mol. The van der Waals surface area contributed by atoms with E-state index in [-0.39, 0.29) is 25.0 Å². The number of benzene rings is 3. The maximum Gasteiger partial charge on any atom is 0.242 e. The van der Waals surface area contributed by atoms with Gasteiger partial charge in [-0.2, -0.15) is 5.26 Å². The summed E-state index contributed by atoms with van der Waals surface area (Å²) in [5.74, 6) is -0.751. The van der Waals surface area contributed by atoms with E-state index in [4.69, 9.17) is 33.7 Å². The summed E-state index contributed by atoms with van der Waals surface area (Å²) in [5.41, 5.74) is 9.57. The van der Waals surface area contributed by atoms with Gasteiger partial charge in [0.25, 0.3) is 0 Å². The molecule has 0 saturated carbocycles. The molecule has 0 spiro atoms. The van der Waals surface area contributed by atoms with Gasteiger partial charge in [-0.05, 0) is 47.0 Å². The molecule has 4 rings (SSSR count). The van der Waals surface area contributed by atoms with Crippen molar-refractivity contribution >= 4 is 40.7 Å². The minimum Gasteiger partial charge on any atom is -0.379 e. The SMILES string of the molecule is CN(C(=O)CN(CC(N)=O)c1ccc(Cl)c(Cl)c1)C(CN1CCOCC1)c1ccc(-c2cccc(C#N)c2)cc1. The number of morpholine rings is 1. The van der Waals surface area contributed by atoms with E-state index in [0.29, 0.717) is 41.1 Å². The first kappa shape index (κ1) is 29.4. The number of nitriles is 1. The van der Waals surface area contributed by atoms with Gasteiger partial charge < -0.3 is 20.3 Å². The fourth-order valence-corrected chi connectivity index (χ4v) is 5.00. The first-order valence-electron chi connectivity index (χ1n) is 12.9. The van der Waals surface area contributed by atoms with Crippen LogP contribution >= 0.6 is 23.2 Å². The molecular weight excluding hydrogens is 549 g/mol. The molecule has 3 aromatic carbocycles. The summed E-state index contributed by atoms with van der Waals surface area (Å²) in [6, 6.07) is 22.4. The predicted octanol–water partition coefficient (Wildman–Crippen LogP) is 4.36. The average Bonchev–Trinajstić information content (AvgIpc) is 2.97. The Morgan fingerprint density at radius 2 is 1.73 bits per heavy atom. The number of likely N-dealkylation sites (N-methyl/N-ethyl adjacent to an activating group) is 1. The van der Waals surface area contributed by atoms with Crippen LogP contribution in [0, 0.1) is 11.3 Å². The van der Waals surface area contributed by atoms with E-state index in [2.05, 4.69) is 11.0 Å². The standard InChI is InChI=1S/C30H31Cl2N5O3/c1-35(30(39)20-37(19-29(34)38)25-9-10-26(31)27(32)16-25)28(18-36-11-13-40-14-12-36)23-7-5-22(6-8-23)24-4-2-3-21(15-24)17-33/h2-10,15-16,28H,11-14,18-20H2,1H3,(H2,34,38). The third kappa shape index (κ3) is 7.52. The zero-order chi connectivity index (χ0) is 28.6. The largest absolute Gasteiger partial charge is 0.379 e. The molecule has 1 aliphatic heterocycles. The lowest BCUT2D eigenvalue weighted by Crippen LogP contribution is -2.47. The Bertz CT molecular complexity index is 1390. The Hall–Kier alpha value is -3.61. The van der Waals surface area contributed by atoms with Gasteiger partial charge in [0, 0.05) is 32.4 Å². The lowest BCUT2D eigenvalue weighted by molar-refractivity contribution is -0.131. The van der Waals surface area contributed by atoms with Crippen molar-refractivity contribution in [1.82, 2.24) is 9.80 Å². The number of nitrogens with zero attached hydrogens (tertiary/aromatic N) is 4. The molecule has 1 aliphatic rings. The molecule has 8 nitrogen and oxygen atoms in total. The van der Waals surface area contributed by atoms with Crippen LogP contribution in [-0.4, -0.2) is 74.6 Å². The van der Waals surface area contributed by atoms with Crippen LogP contribution < -0.4 is 10.6 Å². The lowest BCUT2D eigenvalue weighted by atomic mass is 9.98. The van der Waals surface area contributed by atoms with Crippen LogP contribution in [0.1, 0.15) is 17.2 Å². The van der Waals surface area contributed by atoms with E-state index in [0.717, 1.165) is 29.8 Å². The van der Waals surface area contributed by atoms with Gasteiger partial charge >= 0.3 is 0 Å². The first-order chi connectivity index (χ1) is 19.2.